The molecule has 0 bridgehead atoms. The fourth-order valence-electron chi connectivity index (χ4n) is 3.86. The highest BCUT2D eigenvalue weighted by molar-refractivity contribution is 7.17. The van der Waals surface area contributed by atoms with E-state index < -0.39 is 0 Å². The monoisotopic (exact) mass is 420 g/mol. The molecule has 0 atom stereocenters. The normalized spacial score (nSPS) is 15.0. The molecule has 0 saturated carbocycles. The summed E-state index contributed by atoms with van der Waals surface area (Å²) in [6, 6.07) is 9.48. The fraction of sp³-hybridized carbons (Fsp3) is 0.286. The van der Waals surface area contributed by atoms with Gasteiger partial charge in [0, 0.05) is 37.6 Å². The number of carbonyl (C=O) groups excluding carboxylic acids is 1. The van der Waals surface area contributed by atoms with Gasteiger partial charge in [-0.15, -0.1) is 16.4 Å². The molecule has 30 heavy (non-hydrogen) atoms. The maximum absolute atomic E-state index is 12.9. The zero-order valence-electron chi connectivity index (χ0n) is 16.2. The van der Waals surface area contributed by atoms with Crippen LogP contribution in [0.4, 0.5) is 0 Å². The summed E-state index contributed by atoms with van der Waals surface area (Å²) in [7, 11) is 0. The SMILES string of the molecule is O=C(c1ccc(Cn2ccnc2)cc1)N1CCC(n2nnc3ccsc3c2=O)CC1. The molecule has 0 radical (unpaired) electrons. The summed E-state index contributed by atoms with van der Waals surface area (Å²) in [4.78, 5) is 31.4. The van der Waals surface area contributed by atoms with E-state index in [0.29, 0.717) is 41.7 Å². The summed E-state index contributed by atoms with van der Waals surface area (Å²) < 4.78 is 4.12. The predicted molar refractivity (Wildman–Crippen MR) is 114 cm³/mol. The van der Waals surface area contributed by atoms with Crippen molar-refractivity contribution in [1.29, 1.82) is 0 Å². The quantitative estimate of drug-likeness (QED) is 0.507. The number of hydrogen-bond donors (Lipinski definition) is 0. The lowest BCUT2D eigenvalue weighted by atomic mass is 10.0. The molecule has 4 aromatic rings. The zero-order valence-corrected chi connectivity index (χ0v) is 17.0. The van der Waals surface area contributed by atoms with Crippen LogP contribution in [0.2, 0.25) is 0 Å². The first-order valence-corrected chi connectivity index (χ1v) is 10.7. The Hall–Kier alpha value is -3.33. The van der Waals surface area contributed by atoms with Gasteiger partial charge in [0.15, 0.2) is 0 Å². The summed E-state index contributed by atoms with van der Waals surface area (Å²) >= 11 is 1.39. The van der Waals surface area contributed by atoms with Gasteiger partial charge in [-0.05, 0) is 42.0 Å². The number of hydrogen-bond acceptors (Lipinski definition) is 6. The molecule has 1 aromatic carbocycles. The molecule has 5 rings (SSSR count). The highest BCUT2D eigenvalue weighted by Crippen LogP contribution is 2.23. The molecule has 1 amide bonds. The standard InChI is InChI=1S/C21H20N6O2S/c28-20(16-3-1-15(2-4-16)13-25-11-8-22-14-25)26-9-5-17(6-10-26)27-21(29)19-18(23-24-27)7-12-30-19/h1-4,7-8,11-12,14,17H,5-6,9-10,13H2. The maximum atomic E-state index is 12.9. The van der Waals surface area contributed by atoms with Gasteiger partial charge < -0.3 is 9.47 Å². The van der Waals surface area contributed by atoms with Crippen molar-refractivity contribution >= 4 is 27.5 Å². The molecule has 0 N–H and O–H groups in total. The van der Waals surface area contributed by atoms with Gasteiger partial charge in [0.2, 0.25) is 0 Å². The van der Waals surface area contributed by atoms with Crippen molar-refractivity contribution in [2.75, 3.05) is 13.1 Å². The summed E-state index contributed by atoms with van der Waals surface area (Å²) in [6.45, 7) is 1.91. The number of amides is 1. The van der Waals surface area contributed by atoms with Gasteiger partial charge in [-0.2, -0.15) is 0 Å². The van der Waals surface area contributed by atoms with Gasteiger partial charge in [-0.25, -0.2) is 9.67 Å². The Bertz CT molecular complexity index is 1220. The minimum Gasteiger partial charge on any atom is -0.338 e. The molecule has 0 aliphatic carbocycles. The lowest BCUT2D eigenvalue weighted by molar-refractivity contribution is 0.0687. The number of nitrogens with zero attached hydrogens (tertiary/aromatic N) is 6. The number of thiophene rings is 1. The first-order chi connectivity index (χ1) is 14.7. The van der Waals surface area contributed by atoms with E-state index in [1.165, 1.54) is 16.0 Å². The fourth-order valence-corrected chi connectivity index (χ4v) is 4.62. The Morgan fingerprint density at radius 3 is 2.67 bits per heavy atom. The second kappa shape index (κ2) is 7.83. The highest BCUT2D eigenvalue weighted by Gasteiger charge is 2.26. The molecule has 1 saturated heterocycles. The Labute approximate surface area is 176 Å². The van der Waals surface area contributed by atoms with E-state index >= 15 is 0 Å². The number of likely N-dealkylation sites (tertiary alicyclic amines) is 1. The van der Waals surface area contributed by atoms with Crippen LogP contribution in [0.1, 0.15) is 34.8 Å². The number of rotatable bonds is 4. The second-order valence-electron chi connectivity index (χ2n) is 7.43. The van der Waals surface area contributed by atoms with Crippen molar-refractivity contribution in [3.05, 3.63) is 75.9 Å². The second-order valence-corrected chi connectivity index (χ2v) is 8.35. The minimum atomic E-state index is -0.0896. The Morgan fingerprint density at radius 2 is 1.93 bits per heavy atom. The number of benzene rings is 1. The van der Waals surface area contributed by atoms with Crippen molar-refractivity contribution in [3.8, 4) is 0 Å². The number of imidazole rings is 1. The molecular formula is C21H20N6O2S. The molecule has 8 nitrogen and oxygen atoms in total. The number of fused-ring (bicyclic) bond motifs is 1. The van der Waals surface area contributed by atoms with Crippen molar-refractivity contribution < 1.29 is 4.79 Å². The van der Waals surface area contributed by atoms with Crippen LogP contribution >= 0.6 is 11.3 Å². The summed E-state index contributed by atoms with van der Waals surface area (Å²) in [5.41, 5.74) is 2.35. The minimum absolute atomic E-state index is 0.0229. The maximum Gasteiger partial charge on any atom is 0.287 e. The summed E-state index contributed by atoms with van der Waals surface area (Å²) in [5, 5.41) is 10.1. The lowest BCUT2D eigenvalue weighted by Gasteiger charge is -2.32. The molecule has 4 heterocycles. The molecule has 0 spiro atoms. The van der Waals surface area contributed by atoms with E-state index in [4.69, 9.17) is 0 Å². The third-order valence-corrected chi connectivity index (χ3v) is 6.41. The number of aromatic nitrogens is 5. The van der Waals surface area contributed by atoms with Crippen LogP contribution in [0.3, 0.4) is 0 Å². The van der Waals surface area contributed by atoms with E-state index in [2.05, 4.69) is 15.3 Å². The van der Waals surface area contributed by atoms with Gasteiger partial charge >= 0.3 is 0 Å². The van der Waals surface area contributed by atoms with Gasteiger partial charge in [-0.3, -0.25) is 9.59 Å². The van der Waals surface area contributed by atoms with Crippen LogP contribution in [0.25, 0.3) is 10.2 Å². The van der Waals surface area contributed by atoms with E-state index in [1.807, 2.05) is 45.3 Å². The Morgan fingerprint density at radius 1 is 1.13 bits per heavy atom. The molecule has 0 unspecified atom stereocenters. The average Bonchev–Trinajstić information content (AvgIpc) is 3.47. The highest BCUT2D eigenvalue weighted by atomic mass is 32.1. The van der Waals surface area contributed by atoms with Crippen molar-refractivity contribution in [2.45, 2.75) is 25.4 Å². The Kier molecular flexibility index (Phi) is 4.88. The third-order valence-electron chi connectivity index (χ3n) is 5.52. The largest absolute Gasteiger partial charge is 0.338 e. The van der Waals surface area contributed by atoms with E-state index in [1.54, 1.807) is 18.6 Å². The molecule has 1 aliphatic rings. The van der Waals surface area contributed by atoms with Crippen LogP contribution in [0.5, 0.6) is 0 Å². The number of piperidine rings is 1. The molecule has 152 valence electrons. The summed E-state index contributed by atoms with van der Waals surface area (Å²) in [5.74, 6) is 0.0229. The van der Waals surface area contributed by atoms with Crippen LogP contribution < -0.4 is 5.56 Å². The van der Waals surface area contributed by atoms with Crippen LogP contribution in [-0.4, -0.2) is 48.4 Å². The Balaban J connectivity index is 1.24. The predicted octanol–water partition coefficient (Wildman–Crippen LogP) is 2.58. The lowest BCUT2D eigenvalue weighted by Crippen LogP contribution is -2.41. The third kappa shape index (κ3) is 3.52. The molecule has 9 heteroatoms. The average molecular weight is 420 g/mol. The van der Waals surface area contributed by atoms with Crippen LogP contribution in [-0.2, 0) is 6.54 Å². The van der Waals surface area contributed by atoms with Crippen molar-refractivity contribution in [2.24, 2.45) is 0 Å². The van der Waals surface area contributed by atoms with E-state index in [0.717, 1.165) is 12.1 Å². The van der Waals surface area contributed by atoms with Gasteiger partial charge in [0.05, 0.1) is 12.4 Å². The summed E-state index contributed by atoms with van der Waals surface area (Å²) in [6.07, 6.45) is 6.82. The van der Waals surface area contributed by atoms with Gasteiger partial charge in [0.1, 0.15) is 10.2 Å². The van der Waals surface area contributed by atoms with E-state index in [9.17, 15) is 9.59 Å². The van der Waals surface area contributed by atoms with Crippen molar-refractivity contribution in [3.63, 3.8) is 0 Å². The molecule has 1 fully saturated rings. The van der Waals surface area contributed by atoms with Gasteiger partial charge in [0.25, 0.3) is 11.5 Å². The van der Waals surface area contributed by atoms with Crippen molar-refractivity contribution in [1.82, 2.24) is 29.4 Å². The molecular weight excluding hydrogens is 400 g/mol. The zero-order chi connectivity index (χ0) is 20.5. The first kappa shape index (κ1) is 18.7. The van der Waals surface area contributed by atoms with Gasteiger partial charge in [-0.1, -0.05) is 17.3 Å². The van der Waals surface area contributed by atoms with Crippen LogP contribution in [0, 0.1) is 0 Å². The first-order valence-electron chi connectivity index (χ1n) is 9.86. The van der Waals surface area contributed by atoms with Crippen LogP contribution in [0.15, 0.2) is 59.2 Å². The molecule has 3 aromatic heterocycles. The number of carbonyl (C=O) groups is 1. The van der Waals surface area contributed by atoms with E-state index in [-0.39, 0.29) is 17.5 Å². The topological polar surface area (TPSA) is 85.9 Å². The molecule has 1 aliphatic heterocycles. The smallest absolute Gasteiger partial charge is 0.287 e.